The number of ether oxygens (including phenoxy) is 1. The fourth-order valence-corrected chi connectivity index (χ4v) is 5.35. The van der Waals surface area contributed by atoms with Gasteiger partial charge in [0.15, 0.2) is 0 Å². The van der Waals surface area contributed by atoms with E-state index in [2.05, 4.69) is 5.32 Å². The smallest absolute Gasteiger partial charge is 0.224 e. The number of sulfonamides is 1. The van der Waals surface area contributed by atoms with Gasteiger partial charge in [0.2, 0.25) is 15.9 Å². The van der Waals surface area contributed by atoms with E-state index in [0.29, 0.717) is 39.0 Å². The second-order valence-electron chi connectivity index (χ2n) is 8.05. The second kappa shape index (κ2) is 11.3. The van der Waals surface area contributed by atoms with Gasteiger partial charge in [-0.15, -0.1) is 0 Å². The van der Waals surface area contributed by atoms with Crippen molar-refractivity contribution in [3.63, 3.8) is 0 Å². The summed E-state index contributed by atoms with van der Waals surface area (Å²) in [5.74, 6) is 0.472. The molecule has 31 heavy (non-hydrogen) atoms. The Bertz CT molecular complexity index is 930. The topological polar surface area (TPSA) is 75.7 Å². The zero-order chi connectivity index (χ0) is 22.1. The number of nitrogens with one attached hydrogen (secondary N) is 1. The quantitative estimate of drug-likeness (QED) is 0.571. The maximum atomic E-state index is 12.8. The van der Waals surface area contributed by atoms with Gasteiger partial charge in [-0.25, -0.2) is 12.7 Å². The lowest BCUT2D eigenvalue weighted by atomic mass is 9.99. The van der Waals surface area contributed by atoms with Gasteiger partial charge in [0.25, 0.3) is 0 Å². The molecule has 3 rings (SSSR count). The normalized spacial score (nSPS) is 17.3. The van der Waals surface area contributed by atoms with Gasteiger partial charge >= 0.3 is 0 Å². The zero-order valence-electron chi connectivity index (χ0n) is 18.1. The van der Waals surface area contributed by atoms with Crippen LogP contribution in [0.5, 0.6) is 5.75 Å². The van der Waals surface area contributed by atoms with Gasteiger partial charge < -0.3 is 10.1 Å². The number of amides is 1. The molecule has 0 aliphatic carbocycles. The van der Waals surface area contributed by atoms with E-state index in [1.54, 1.807) is 0 Å². The van der Waals surface area contributed by atoms with E-state index < -0.39 is 10.0 Å². The van der Waals surface area contributed by atoms with Crippen LogP contribution in [0.25, 0.3) is 0 Å². The summed E-state index contributed by atoms with van der Waals surface area (Å²) in [5.41, 5.74) is 2.30. The Morgan fingerprint density at radius 1 is 1.13 bits per heavy atom. The minimum absolute atomic E-state index is 0.100. The van der Waals surface area contributed by atoms with E-state index in [4.69, 9.17) is 4.74 Å². The van der Waals surface area contributed by atoms with E-state index >= 15 is 0 Å². The molecule has 0 radical (unpaired) electrons. The van der Waals surface area contributed by atoms with Crippen molar-refractivity contribution in [1.29, 1.82) is 0 Å². The van der Waals surface area contributed by atoms with Crippen molar-refractivity contribution in [3.8, 4) is 5.75 Å². The van der Waals surface area contributed by atoms with Gasteiger partial charge in [0.1, 0.15) is 12.4 Å². The molecular formula is C24H32N2O4S. The van der Waals surface area contributed by atoms with Crippen molar-refractivity contribution < 1.29 is 17.9 Å². The molecule has 0 bridgehead atoms. The van der Waals surface area contributed by atoms with E-state index in [9.17, 15) is 13.2 Å². The summed E-state index contributed by atoms with van der Waals surface area (Å²) in [5, 5.41) is 2.89. The Morgan fingerprint density at radius 3 is 2.61 bits per heavy atom. The summed E-state index contributed by atoms with van der Waals surface area (Å²) in [7, 11) is -3.36. The summed E-state index contributed by atoms with van der Waals surface area (Å²) in [6.07, 6.45) is 2.73. The average molecular weight is 445 g/mol. The lowest BCUT2D eigenvalue weighted by Gasteiger charge is -2.31. The van der Waals surface area contributed by atoms with Crippen LogP contribution in [0.3, 0.4) is 0 Å². The monoisotopic (exact) mass is 444 g/mol. The van der Waals surface area contributed by atoms with Crippen LogP contribution >= 0.6 is 0 Å². The maximum absolute atomic E-state index is 12.8. The van der Waals surface area contributed by atoms with Gasteiger partial charge in [-0.3, -0.25) is 4.79 Å². The molecule has 0 unspecified atom stereocenters. The molecule has 1 fully saturated rings. The van der Waals surface area contributed by atoms with Crippen molar-refractivity contribution in [2.75, 3.05) is 32.0 Å². The number of carbonyl (C=O) groups is 1. The summed E-state index contributed by atoms with van der Waals surface area (Å²) in [6.45, 7) is 3.54. The van der Waals surface area contributed by atoms with Crippen LogP contribution in [0.2, 0.25) is 0 Å². The first-order valence-electron chi connectivity index (χ1n) is 10.9. The second-order valence-corrected chi connectivity index (χ2v) is 10.1. The summed E-state index contributed by atoms with van der Waals surface area (Å²) < 4.78 is 32.6. The van der Waals surface area contributed by atoms with Crippen LogP contribution in [0.4, 0.5) is 0 Å². The standard InChI is InChI=1S/C24H32N2O4S/c1-20-11-13-23(14-12-20)30-17-15-25-24(27)22-10-5-16-26(19-22)31(28,29)18-6-9-21-7-3-2-4-8-21/h2-4,7-8,11-14,22H,5-6,9-10,15-19H2,1H3,(H,25,27)/t22-/m1/s1. The number of piperidine rings is 1. The molecule has 7 heteroatoms. The average Bonchev–Trinajstić information content (AvgIpc) is 2.78. The molecule has 1 amide bonds. The molecule has 6 nitrogen and oxygen atoms in total. The van der Waals surface area contributed by atoms with Crippen LogP contribution in [-0.2, 0) is 21.2 Å². The van der Waals surface area contributed by atoms with Gasteiger partial charge in [-0.1, -0.05) is 48.0 Å². The molecule has 0 aromatic heterocycles. The molecule has 2 aromatic carbocycles. The maximum Gasteiger partial charge on any atom is 0.224 e. The minimum atomic E-state index is -3.36. The van der Waals surface area contributed by atoms with E-state index in [1.165, 1.54) is 4.31 Å². The van der Waals surface area contributed by atoms with Gasteiger partial charge in [-0.2, -0.15) is 0 Å². The molecule has 1 N–H and O–H groups in total. The van der Waals surface area contributed by atoms with Crippen LogP contribution in [0.15, 0.2) is 54.6 Å². The van der Waals surface area contributed by atoms with Crippen molar-refractivity contribution in [2.24, 2.45) is 5.92 Å². The first kappa shape index (κ1) is 23.3. The fraction of sp³-hybridized carbons (Fsp3) is 0.458. The SMILES string of the molecule is Cc1ccc(OCCNC(=O)[C@@H]2CCCN(S(=O)(=O)CCCc3ccccc3)C2)cc1. The molecule has 1 saturated heterocycles. The molecule has 1 aliphatic heterocycles. The van der Waals surface area contributed by atoms with Gasteiger partial charge in [0, 0.05) is 13.1 Å². The highest BCUT2D eigenvalue weighted by molar-refractivity contribution is 7.89. The molecule has 0 saturated carbocycles. The van der Waals surface area contributed by atoms with Crippen LogP contribution in [-0.4, -0.2) is 50.6 Å². The van der Waals surface area contributed by atoms with E-state index in [0.717, 1.165) is 23.3 Å². The molecule has 1 atom stereocenters. The number of nitrogens with zero attached hydrogens (tertiary/aromatic N) is 1. The van der Waals surface area contributed by atoms with Gasteiger partial charge in [-0.05, 0) is 50.3 Å². The van der Waals surface area contributed by atoms with Crippen molar-refractivity contribution >= 4 is 15.9 Å². The summed E-state index contributed by atoms with van der Waals surface area (Å²) in [4.78, 5) is 12.5. The molecule has 1 aliphatic rings. The highest BCUT2D eigenvalue weighted by atomic mass is 32.2. The Kier molecular flexibility index (Phi) is 8.49. The number of hydrogen-bond acceptors (Lipinski definition) is 4. The third kappa shape index (κ3) is 7.36. The summed E-state index contributed by atoms with van der Waals surface area (Å²) in [6, 6.07) is 17.7. The van der Waals surface area contributed by atoms with Gasteiger partial charge in [0.05, 0.1) is 18.2 Å². The predicted octanol–water partition coefficient (Wildman–Crippen LogP) is 3.16. The Labute approximate surface area is 185 Å². The molecule has 0 spiro atoms. The molecule has 2 aromatic rings. The van der Waals surface area contributed by atoms with Crippen molar-refractivity contribution in [2.45, 2.75) is 32.6 Å². The first-order valence-corrected chi connectivity index (χ1v) is 12.5. The highest BCUT2D eigenvalue weighted by Crippen LogP contribution is 2.20. The summed E-state index contributed by atoms with van der Waals surface area (Å²) >= 11 is 0. The largest absolute Gasteiger partial charge is 0.492 e. The third-order valence-electron chi connectivity index (χ3n) is 5.55. The third-order valence-corrected chi connectivity index (χ3v) is 7.47. The number of hydrogen-bond donors (Lipinski definition) is 1. The lowest BCUT2D eigenvalue weighted by molar-refractivity contribution is -0.126. The van der Waals surface area contributed by atoms with Crippen molar-refractivity contribution in [1.82, 2.24) is 9.62 Å². The Balaban J connectivity index is 1.40. The number of carbonyl (C=O) groups excluding carboxylic acids is 1. The van der Waals surface area contributed by atoms with Crippen LogP contribution < -0.4 is 10.1 Å². The minimum Gasteiger partial charge on any atom is -0.492 e. The number of aryl methyl sites for hydroxylation is 2. The van der Waals surface area contributed by atoms with E-state index in [1.807, 2.05) is 61.5 Å². The number of benzene rings is 2. The molecule has 1 heterocycles. The molecule has 168 valence electrons. The number of rotatable bonds is 10. The Morgan fingerprint density at radius 2 is 1.87 bits per heavy atom. The lowest BCUT2D eigenvalue weighted by Crippen LogP contribution is -2.46. The fourth-order valence-electron chi connectivity index (χ4n) is 3.76. The zero-order valence-corrected chi connectivity index (χ0v) is 18.9. The first-order chi connectivity index (χ1) is 14.9. The Hall–Kier alpha value is -2.38. The van der Waals surface area contributed by atoms with Crippen LogP contribution in [0.1, 0.15) is 30.4 Å². The molecular weight excluding hydrogens is 412 g/mol. The predicted molar refractivity (Wildman–Crippen MR) is 123 cm³/mol. The highest BCUT2D eigenvalue weighted by Gasteiger charge is 2.31. The van der Waals surface area contributed by atoms with Crippen LogP contribution in [0, 0.1) is 12.8 Å². The van der Waals surface area contributed by atoms with Crippen molar-refractivity contribution in [3.05, 3.63) is 65.7 Å². The van der Waals surface area contributed by atoms with E-state index in [-0.39, 0.29) is 24.1 Å².